The Labute approximate surface area is 88.5 Å². The van der Waals surface area contributed by atoms with E-state index in [1.807, 2.05) is 0 Å². The minimum absolute atomic E-state index is 0.750. The highest BCUT2D eigenvalue weighted by Crippen LogP contribution is 2.34. The van der Waals surface area contributed by atoms with Gasteiger partial charge in [0, 0.05) is 4.47 Å². The topological polar surface area (TPSA) is 0 Å². The molecule has 2 rings (SSSR count). The van der Waals surface area contributed by atoms with Crippen molar-refractivity contribution < 1.29 is 0 Å². The minimum atomic E-state index is 0.750. The monoisotopic (exact) mass is 238 g/mol. The van der Waals surface area contributed by atoms with Crippen molar-refractivity contribution in [3.8, 4) is 0 Å². The number of rotatable bonds is 0. The van der Waals surface area contributed by atoms with Gasteiger partial charge in [-0.05, 0) is 60.9 Å². The van der Waals surface area contributed by atoms with Crippen molar-refractivity contribution >= 4 is 15.9 Å². The van der Waals surface area contributed by atoms with E-state index in [-0.39, 0.29) is 0 Å². The molecule has 0 aliphatic heterocycles. The van der Waals surface area contributed by atoms with Crippen LogP contribution >= 0.6 is 15.9 Å². The summed E-state index contributed by atoms with van der Waals surface area (Å²) in [6.07, 6.45) is 3.98. The zero-order valence-electron chi connectivity index (χ0n) is 8.23. The zero-order valence-corrected chi connectivity index (χ0v) is 9.82. The quantitative estimate of drug-likeness (QED) is 0.636. The van der Waals surface area contributed by atoms with Crippen LogP contribution in [0.1, 0.15) is 42.4 Å². The lowest BCUT2D eigenvalue weighted by atomic mass is 9.82. The van der Waals surface area contributed by atoms with E-state index in [4.69, 9.17) is 0 Å². The Morgan fingerprint density at radius 1 is 1.38 bits per heavy atom. The molecule has 0 aromatic heterocycles. The van der Waals surface area contributed by atoms with Gasteiger partial charge in [0.25, 0.3) is 0 Å². The summed E-state index contributed by atoms with van der Waals surface area (Å²) in [5.74, 6) is 0.750. The molecule has 1 heteroatoms. The van der Waals surface area contributed by atoms with E-state index in [1.54, 1.807) is 11.1 Å². The van der Waals surface area contributed by atoms with Gasteiger partial charge in [0.2, 0.25) is 0 Å². The molecule has 1 aromatic rings. The van der Waals surface area contributed by atoms with Crippen LogP contribution in [-0.4, -0.2) is 0 Å². The van der Waals surface area contributed by atoms with Gasteiger partial charge in [0.05, 0.1) is 0 Å². The van der Waals surface area contributed by atoms with Gasteiger partial charge >= 0.3 is 0 Å². The summed E-state index contributed by atoms with van der Waals surface area (Å²) in [4.78, 5) is 0. The van der Waals surface area contributed by atoms with Crippen molar-refractivity contribution in [2.75, 3.05) is 0 Å². The van der Waals surface area contributed by atoms with Gasteiger partial charge in [-0.25, -0.2) is 0 Å². The van der Waals surface area contributed by atoms with Gasteiger partial charge in [0.1, 0.15) is 0 Å². The molecule has 0 saturated carbocycles. The Hall–Kier alpha value is -0.300. The first-order valence-corrected chi connectivity index (χ1v) is 5.76. The van der Waals surface area contributed by atoms with Gasteiger partial charge < -0.3 is 0 Å². The van der Waals surface area contributed by atoms with Gasteiger partial charge in [-0.15, -0.1) is 0 Å². The lowest BCUT2D eigenvalue weighted by Crippen LogP contribution is -2.08. The van der Waals surface area contributed by atoms with E-state index < -0.39 is 0 Å². The van der Waals surface area contributed by atoms with Crippen LogP contribution in [0.3, 0.4) is 0 Å². The molecule has 13 heavy (non-hydrogen) atoms. The summed E-state index contributed by atoms with van der Waals surface area (Å²) in [6, 6.07) is 4.53. The molecule has 0 radical (unpaired) electrons. The molecule has 1 aliphatic rings. The van der Waals surface area contributed by atoms with Crippen LogP contribution < -0.4 is 0 Å². The Balaban J connectivity index is 2.56. The Kier molecular flexibility index (Phi) is 2.46. The van der Waals surface area contributed by atoms with Crippen LogP contribution in [0.25, 0.3) is 0 Å². The molecule has 0 spiro atoms. The molecule has 1 unspecified atom stereocenters. The maximum atomic E-state index is 3.57. The summed E-state index contributed by atoms with van der Waals surface area (Å²) in [5.41, 5.74) is 4.62. The largest absolute Gasteiger partial charge is 0.0584 e. The number of hydrogen-bond acceptors (Lipinski definition) is 0. The standard InChI is InChI=1S/C12H15Br/c1-8-4-3-5-11-9(2)6-10(13)7-12(8)11/h6-8H,3-5H2,1-2H3. The van der Waals surface area contributed by atoms with E-state index in [0.717, 1.165) is 5.92 Å². The molecule has 0 bridgehead atoms. The predicted octanol–water partition coefficient (Wildman–Crippen LogP) is 4.20. The molecule has 1 atom stereocenters. The third-order valence-corrected chi connectivity index (χ3v) is 3.52. The number of fused-ring (bicyclic) bond motifs is 1. The van der Waals surface area contributed by atoms with Crippen molar-refractivity contribution in [1.82, 2.24) is 0 Å². The summed E-state index contributed by atoms with van der Waals surface area (Å²) in [7, 11) is 0. The normalized spacial score (nSPS) is 21.3. The fourth-order valence-corrected chi connectivity index (χ4v) is 2.91. The third-order valence-electron chi connectivity index (χ3n) is 3.07. The van der Waals surface area contributed by atoms with E-state index in [1.165, 1.54) is 29.3 Å². The first kappa shape index (κ1) is 9.26. The molecule has 0 fully saturated rings. The van der Waals surface area contributed by atoms with Crippen molar-refractivity contribution in [3.05, 3.63) is 33.3 Å². The summed E-state index contributed by atoms with van der Waals surface area (Å²) in [5, 5.41) is 0. The number of aryl methyl sites for hydroxylation is 1. The fraction of sp³-hybridized carbons (Fsp3) is 0.500. The molecule has 70 valence electrons. The maximum Gasteiger partial charge on any atom is 0.0180 e. The molecule has 0 saturated heterocycles. The van der Waals surface area contributed by atoms with Gasteiger partial charge in [-0.1, -0.05) is 22.9 Å². The molecule has 0 N–H and O–H groups in total. The average molecular weight is 239 g/mol. The lowest BCUT2D eigenvalue weighted by Gasteiger charge is -2.24. The average Bonchev–Trinajstić information content (AvgIpc) is 2.07. The smallest absolute Gasteiger partial charge is 0.0180 e. The van der Waals surface area contributed by atoms with E-state index >= 15 is 0 Å². The zero-order chi connectivity index (χ0) is 9.42. The Bertz CT molecular complexity index is 328. The predicted molar refractivity (Wildman–Crippen MR) is 60.2 cm³/mol. The summed E-state index contributed by atoms with van der Waals surface area (Å²) in [6.45, 7) is 4.56. The van der Waals surface area contributed by atoms with E-state index in [0.29, 0.717) is 0 Å². The molecule has 0 amide bonds. The van der Waals surface area contributed by atoms with E-state index in [2.05, 4.69) is 41.9 Å². The van der Waals surface area contributed by atoms with E-state index in [9.17, 15) is 0 Å². The summed E-state index contributed by atoms with van der Waals surface area (Å²) < 4.78 is 1.23. The molecule has 0 heterocycles. The number of benzene rings is 1. The van der Waals surface area contributed by atoms with Crippen LogP contribution in [0.15, 0.2) is 16.6 Å². The Morgan fingerprint density at radius 3 is 2.92 bits per heavy atom. The molecular weight excluding hydrogens is 224 g/mol. The van der Waals surface area contributed by atoms with Crippen molar-refractivity contribution in [3.63, 3.8) is 0 Å². The fourth-order valence-electron chi connectivity index (χ4n) is 2.32. The highest BCUT2D eigenvalue weighted by molar-refractivity contribution is 9.10. The van der Waals surface area contributed by atoms with Gasteiger partial charge in [-0.2, -0.15) is 0 Å². The van der Waals surface area contributed by atoms with Gasteiger partial charge in [0.15, 0.2) is 0 Å². The van der Waals surface area contributed by atoms with Crippen LogP contribution in [0.2, 0.25) is 0 Å². The first-order valence-electron chi connectivity index (χ1n) is 4.97. The SMILES string of the molecule is Cc1cc(Br)cc2c1CCCC2C. The van der Waals surface area contributed by atoms with Crippen LogP contribution in [-0.2, 0) is 6.42 Å². The summed E-state index contributed by atoms with van der Waals surface area (Å²) >= 11 is 3.57. The second kappa shape index (κ2) is 3.45. The minimum Gasteiger partial charge on any atom is -0.0584 e. The third kappa shape index (κ3) is 1.67. The van der Waals surface area contributed by atoms with Crippen molar-refractivity contribution in [2.24, 2.45) is 0 Å². The van der Waals surface area contributed by atoms with Crippen molar-refractivity contribution in [2.45, 2.75) is 39.0 Å². The lowest BCUT2D eigenvalue weighted by molar-refractivity contribution is 0.587. The molecule has 1 aliphatic carbocycles. The molecular formula is C12H15Br. The highest BCUT2D eigenvalue weighted by Gasteiger charge is 2.17. The van der Waals surface area contributed by atoms with Crippen molar-refractivity contribution in [1.29, 1.82) is 0 Å². The maximum absolute atomic E-state index is 3.57. The number of hydrogen-bond donors (Lipinski definition) is 0. The van der Waals surface area contributed by atoms with Crippen LogP contribution in [0, 0.1) is 6.92 Å². The second-order valence-corrected chi connectivity index (χ2v) is 5.00. The number of halogens is 1. The molecule has 0 nitrogen and oxygen atoms in total. The second-order valence-electron chi connectivity index (χ2n) is 4.08. The van der Waals surface area contributed by atoms with Crippen LogP contribution in [0.5, 0.6) is 0 Å². The van der Waals surface area contributed by atoms with Crippen LogP contribution in [0.4, 0.5) is 0 Å². The highest BCUT2D eigenvalue weighted by atomic mass is 79.9. The first-order chi connectivity index (χ1) is 6.18. The van der Waals surface area contributed by atoms with Gasteiger partial charge in [-0.3, -0.25) is 0 Å². The Morgan fingerprint density at radius 2 is 2.15 bits per heavy atom. The molecule has 1 aromatic carbocycles.